The second-order valence-corrected chi connectivity index (χ2v) is 6.10. The van der Waals surface area contributed by atoms with Crippen molar-refractivity contribution in [1.82, 2.24) is 14.9 Å². The van der Waals surface area contributed by atoms with E-state index in [1.165, 1.54) is 5.56 Å². The Morgan fingerprint density at radius 1 is 1.00 bits per heavy atom. The fourth-order valence-electron chi connectivity index (χ4n) is 3.17. The minimum Gasteiger partial charge on any atom is -0.333 e. The summed E-state index contributed by atoms with van der Waals surface area (Å²) >= 11 is 0. The highest BCUT2D eigenvalue weighted by atomic mass is 16.2. The molecule has 5 heteroatoms. The smallest absolute Gasteiger partial charge is 0.333 e. The first-order chi connectivity index (χ1) is 12.2. The number of aromatic nitrogens is 2. The van der Waals surface area contributed by atoms with Crippen molar-refractivity contribution in [2.45, 2.75) is 13.0 Å². The lowest BCUT2D eigenvalue weighted by Gasteiger charge is -2.28. The predicted molar refractivity (Wildman–Crippen MR) is 95.2 cm³/mol. The van der Waals surface area contributed by atoms with Gasteiger partial charge in [0.25, 0.3) is 5.91 Å². The van der Waals surface area contributed by atoms with Crippen LogP contribution < -0.4 is 5.69 Å². The molecule has 0 saturated carbocycles. The number of amides is 1. The molecule has 1 aromatic heterocycles. The van der Waals surface area contributed by atoms with E-state index in [9.17, 15) is 9.59 Å². The fourth-order valence-corrected chi connectivity index (χ4v) is 3.17. The van der Waals surface area contributed by atoms with Gasteiger partial charge in [-0.2, -0.15) is 4.98 Å². The molecule has 0 radical (unpaired) electrons. The third kappa shape index (κ3) is 3.08. The van der Waals surface area contributed by atoms with Crippen molar-refractivity contribution in [2.75, 3.05) is 6.54 Å². The van der Waals surface area contributed by atoms with Crippen LogP contribution in [0.5, 0.6) is 0 Å². The van der Waals surface area contributed by atoms with Gasteiger partial charge in [0.15, 0.2) is 0 Å². The van der Waals surface area contributed by atoms with E-state index in [2.05, 4.69) is 16.0 Å². The summed E-state index contributed by atoms with van der Waals surface area (Å²) in [5, 5.41) is 0. The van der Waals surface area contributed by atoms with Crippen LogP contribution in [-0.2, 0) is 13.0 Å². The Kier molecular flexibility index (Phi) is 3.90. The average Bonchev–Trinajstić information content (AvgIpc) is 2.67. The van der Waals surface area contributed by atoms with Gasteiger partial charge in [0.2, 0.25) is 0 Å². The van der Waals surface area contributed by atoms with Gasteiger partial charge in [-0.05, 0) is 23.6 Å². The van der Waals surface area contributed by atoms with Crippen molar-refractivity contribution in [3.8, 4) is 11.3 Å². The lowest BCUT2D eigenvalue weighted by molar-refractivity contribution is 0.0728. The number of hydrogen-bond acceptors (Lipinski definition) is 3. The van der Waals surface area contributed by atoms with Crippen LogP contribution in [0, 0.1) is 0 Å². The summed E-state index contributed by atoms with van der Waals surface area (Å²) in [6.07, 6.45) is 0.822. The van der Waals surface area contributed by atoms with E-state index < -0.39 is 5.69 Å². The highest BCUT2D eigenvalue weighted by Gasteiger charge is 2.22. The third-order valence-electron chi connectivity index (χ3n) is 4.46. The molecule has 0 unspecified atom stereocenters. The third-order valence-corrected chi connectivity index (χ3v) is 4.46. The van der Waals surface area contributed by atoms with Gasteiger partial charge in [-0.25, -0.2) is 4.79 Å². The van der Waals surface area contributed by atoms with Crippen LogP contribution >= 0.6 is 0 Å². The molecule has 0 saturated heterocycles. The monoisotopic (exact) mass is 331 g/mol. The topological polar surface area (TPSA) is 66.1 Å². The fraction of sp³-hybridized carbons (Fsp3) is 0.150. The SMILES string of the molecule is O=C(c1cc(-c2ccccc2)nc(=O)[nH]1)N1CCc2ccccc2C1. The summed E-state index contributed by atoms with van der Waals surface area (Å²) in [7, 11) is 0. The van der Waals surface area contributed by atoms with Crippen molar-refractivity contribution >= 4 is 5.91 Å². The van der Waals surface area contributed by atoms with E-state index in [1.54, 1.807) is 11.0 Å². The number of rotatable bonds is 2. The summed E-state index contributed by atoms with van der Waals surface area (Å²) in [5.74, 6) is -0.175. The van der Waals surface area contributed by atoms with Crippen LogP contribution in [0.3, 0.4) is 0 Å². The number of benzene rings is 2. The molecular weight excluding hydrogens is 314 g/mol. The summed E-state index contributed by atoms with van der Waals surface area (Å²) < 4.78 is 0. The predicted octanol–water partition coefficient (Wildman–Crippen LogP) is 2.64. The molecule has 0 aliphatic carbocycles. The molecule has 1 N–H and O–H groups in total. The molecular formula is C20H17N3O2. The summed E-state index contributed by atoms with van der Waals surface area (Å²) in [4.78, 5) is 33.1. The number of H-pyrrole nitrogens is 1. The minimum absolute atomic E-state index is 0.175. The quantitative estimate of drug-likeness (QED) is 0.785. The minimum atomic E-state index is -0.512. The Balaban J connectivity index is 1.65. The molecule has 5 nitrogen and oxygen atoms in total. The van der Waals surface area contributed by atoms with Gasteiger partial charge in [-0.3, -0.25) is 4.79 Å². The Bertz CT molecular complexity index is 979. The van der Waals surface area contributed by atoms with Gasteiger partial charge in [-0.1, -0.05) is 54.6 Å². The standard InChI is InChI=1S/C20H17N3O2/c24-19(23-11-10-14-6-4-5-9-16(14)13-23)18-12-17(21-20(25)22-18)15-7-2-1-3-8-15/h1-9,12H,10-11,13H2,(H,21,22,25). The van der Waals surface area contributed by atoms with Crippen LogP contribution in [0.25, 0.3) is 11.3 Å². The lowest BCUT2D eigenvalue weighted by Crippen LogP contribution is -2.37. The normalized spacial score (nSPS) is 13.4. The Morgan fingerprint density at radius 2 is 1.72 bits per heavy atom. The zero-order valence-corrected chi connectivity index (χ0v) is 13.6. The molecule has 0 fully saturated rings. The first-order valence-corrected chi connectivity index (χ1v) is 8.23. The maximum absolute atomic E-state index is 12.9. The van der Waals surface area contributed by atoms with Crippen LogP contribution in [0.1, 0.15) is 21.6 Å². The first-order valence-electron chi connectivity index (χ1n) is 8.23. The summed E-state index contributed by atoms with van der Waals surface area (Å²) in [5.41, 5.74) is 3.51. The van der Waals surface area contributed by atoms with Crippen molar-refractivity contribution in [1.29, 1.82) is 0 Å². The van der Waals surface area contributed by atoms with Crippen molar-refractivity contribution in [3.63, 3.8) is 0 Å². The van der Waals surface area contributed by atoms with Crippen molar-refractivity contribution in [3.05, 3.63) is 88.0 Å². The molecule has 1 aliphatic rings. The number of nitrogens with one attached hydrogen (secondary N) is 1. The van der Waals surface area contributed by atoms with Gasteiger partial charge >= 0.3 is 5.69 Å². The van der Waals surface area contributed by atoms with E-state index in [-0.39, 0.29) is 11.6 Å². The maximum Gasteiger partial charge on any atom is 0.346 e. The highest BCUT2D eigenvalue weighted by Crippen LogP contribution is 2.21. The average molecular weight is 331 g/mol. The molecule has 0 spiro atoms. The van der Waals surface area contributed by atoms with Crippen molar-refractivity contribution < 1.29 is 4.79 Å². The zero-order valence-electron chi connectivity index (χ0n) is 13.6. The molecule has 1 amide bonds. The van der Waals surface area contributed by atoms with Crippen LogP contribution in [-0.4, -0.2) is 27.3 Å². The van der Waals surface area contributed by atoms with Gasteiger partial charge in [-0.15, -0.1) is 0 Å². The van der Waals surface area contributed by atoms with Gasteiger partial charge in [0.05, 0.1) is 5.69 Å². The second-order valence-electron chi connectivity index (χ2n) is 6.10. The summed E-state index contributed by atoms with van der Waals surface area (Å²) in [6, 6.07) is 19.2. The van der Waals surface area contributed by atoms with Gasteiger partial charge in [0.1, 0.15) is 5.69 Å². The van der Waals surface area contributed by atoms with Crippen LogP contribution in [0.4, 0.5) is 0 Å². The number of fused-ring (bicyclic) bond motifs is 1. The van der Waals surface area contributed by atoms with E-state index in [0.29, 0.717) is 18.8 Å². The second kappa shape index (κ2) is 6.36. The van der Waals surface area contributed by atoms with Crippen LogP contribution in [0.2, 0.25) is 0 Å². The number of carbonyl (C=O) groups excluding carboxylic acids is 1. The van der Waals surface area contributed by atoms with Crippen molar-refractivity contribution in [2.24, 2.45) is 0 Å². The molecule has 124 valence electrons. The molecule has 0 bridgehead atoms. The highest BCUT2D eigenvalue weighted by molar-refractivity contribution is 5.93. The molecule has 0 atom stereocenters. The number of aromatic amines is 1. The van der Waals surface area contributed by atoms with E-state index in [4.69, 9.17) is 0 Å². The number of carbonyl (C=O) groups is 1. The molecule has 2 heterocycles. The Labute approximate surface area is 145 Å². The van der Waals surface area contributed by atoms with Gasteiger partial charge < -0.3 is 9.88 Å². The first kappa shape index (κ1) is 15.3. The molecule has 1 aliphatic heterocycles. The molecule has 3 aromatic rings. The van der Waals surface area contributed by atoms with E-state index in [1.807, 2.05) is 48.5 Å². The lowest BCUT2D eigenvalue weighted by atomic mass is 9.99. The number of nitrogens with zero attached hydrogens (tertiary/aromatic N) is 2. The molecule has 2 aromatic carbocycles. The van der Waals surface area contributed by atoms with Crippen LogP contribution in [0.15, 0.2) is 65.5 Å². The zero-order chi connectivity index (χ0) is 17.2. The molecule has 4 rings (SSSR count). The number of hydrogen-bond donors (Lipinski definition) is 1. The Hall–Kier alpha value is -3.21. The maximum atomic E-state index is 12.9. The Morgan fingerprint density at radius 3 is 2.52 bits per heavy atom. The largest absolute Gasteiger partial charge is 0.346 e. The van der Waals surface area contributed by atoms with Gasteiger partial charge in [0, 0.05) is 18.7 Å². The molecule has 25 heavy (non-hydrogen) atoms. The van der Waals surface area contributed by atoms with E-state index in [0.717, 1.165) is 17.5 Å². The van der Waals surface area contributed by atoms with E-state index >= 15 is 0 Å². The summed E-state index contributed by atoms with van der Waals surface area (Å²) in [6.45, 7) is 1.20.